The van der Waals surface area contributed by atoms with Crippen LogP contribution in [-0.2, 0) is 10.0 Å². The van der Waals surface area contributed by atoms with Gasteiger partial charge in [-0.3, -0.25) is 4.57 Å². The van der Waals surface area contributed by atoms with Gasteiger partial charge >= 0.3 is 0 Å². The van der Waals surface area contributed by atoms with Crippen molar-refractivity contribution in [2.75, 3.05) is 0 Å². The number of rotatable bonds is 3. The summed E-state index contributed by atoms with van der Waals surface area (Å²) in [5.41, 5.74) is 0.809. The molecule has 1 aliphatic rings. The van der Waals surface area contributed by atoms with Gasteiger partial charge in [-0.25, -0.2) is 13.6 Å². The highest BCUT2D eigenvalue weighted by Gasteiger charge is 2.33. The number of benzene rings is 1. The predicted molar refractivity (Wildman–Crippen MR) is 72.8 cm³/mol. The van der Waals surface area contributed by atoms with E-state index in [4.69, 9.17) is 5.14 Å². The highest BCUT2D eigenvalue weighted by Crippen LogP contribution is 2.39. The molecule has 8 heteroatoms. The van der Waals surface area contributed by atoms with Gasteiger partial charge in [0.15, 0.2) is 5.82 Å². The molecule has 2 N–H and O–H groups in total. The third kappa shape index (κ3) is 2.43. The Morgan fingerprint density at radius 3 is 2.63 bits per heavy atom. The lowest BCUT2D eigenvalue weighted by atomic mass is 10.2. The second-order valence-electron chi connectivity index (χ2n) is 4.46. The lowest BCUT2D eigenvalue weighted by Gasteiger charge is -2.07. The van der Waals surface area contributed by atoms with E-state index in [1.807, 2.05) is 24.3 Å². The van der Waals surface area contributed by atoms with Gasteiger partial charge in [0.25, 0.3) is 15.2 Å². The van der Waals surface area contributed by atoms with E-state index in [9.17, 15) is 8.42 Å². The molecule has 0 atom stereocenters. The summed E-state index contributed by atoms with van der Waals surface area (Å²) in [6, 6.07) is 7.61. The van der Waals surface area contributed by atoms with Crippen molar-refractivity contribution in [1.82, 2.24) is 14.8 Å². The van der Waals surface area contributed by atoms with Crippen molar-refractivity contribution in [3.63, 3.8) is 0 Å². The maximum atomic E-state index is 11.5. The molecule has 0 aliphatic heterocycles. The summed E-state index contributed by atoms with van der Waals surface area (Å²) >= 11 is 3.38. The summed E-state index contributed by atoms with van der Waals surface area (Å²) in [5.74, 6) is 0.535. The molecule has 1 fully saturated rings. The summed E-state index contributed by atoms with van der Waals surface area (Å²) in [5, 5.41) is 12.7. The summed E-state index contributed by atoms with van der Waals surface area (Å²) in [6.07, 6.45) is 1.84. The Hall–Kier alpha value is -1.25. The Kier molecular flexibility index (Phi) is 2.95. The molecule has 3 rings (SSSR count). The summed E-state index contributed by atoms with van der Waals surface area (Å²) < 4.78 is 25.6. The molecular weight excluding hydrogens is 332 g/mol. The Balaban J connectivity index is 2.20. The minimum atomic E-state index is -3.86. The van der Waals surface area contributed by atoms with E-state index in [-0.39, 0.29) is 11.2 Å². The molecule has 1 aliphatic carbocycles. The fourth-order valence-corrected chi connectivity index (χ4v) is 3.02. The molecule has 0 saturated heterocycles. The van der Waals surface area contributed by atoms with Gasteiger partial charge in [0.1, 0.15) is 0 Å². The van der Waals surface area contributed by atoms with Gasteiger partial charge in [-0.05, 0) is 25.0 Å². The van der Waals surface area contributed by atoms with Crippen molar-refractivity contribution in [2.45, 2.75) is 24.0 Å². The van der Waals surface area contributed by atoms with Gasteiger partial charge in [0.2, 0.25) is 0 Å². The summed E-state index contributed by atoms with van der Waals surface area (Å²) in [6.45, 7) is 0. The summed E-state index contributed by atoms with van der Waals surface area (Å²) in [4.78, 5) is 0. The molecule has 1 saturated carbocycles. The second-order valence-corrected chi connectivity index (χ2v) is 6.83. The molecule has 0 radical (unpaired) electrons. The maximum Gasteiger partial charge on any atom is 0.273 e. The summed E-state index contributed by atoms with van der Waals surface area (Å²) in [7, 11) is -3.86. The van der Waals surface area contributed by atoms with Crippen LogP contribution in [0.5, 0.6) is 0 Å². The fourth-order valence-electron chi connectivity index (χ4n) is 1.96. The number of hydrogen-bond acceptors (Lipinski definition) is 4. The van der Waals surface area contributed by atoms with E-state index in [0.717, 1.165) is 22.9 Å². The van der Waals surface area contributed by atoms with Gasteiger partial charge in [-0.2, -0.15) is 0 Å². The number of nitrogens with two attached hydrogens (primary N) is 1. The molecule has 2 aromatic rings. The van der Waals surface area contributed by atoms with Crippen molar-refractivity contribution in [3.8, 4) is 11.4 Å². The van der Waals surface area contributed by atoms with E-state index in [1.165, 1.54) is 0 Å². The van der Waals surface area contributed by atoms with E-state index < -0.39 is 10.0 Å². The van der Waals surface area contributed by atoms with E-state index in [1.54, 1.807) is 4.57 Å². The third-order valence-electron chi connectivity index (χ3n) is 2.91. The lowest BCUT2D eigenvalue weighted by molar-refractivity contribution is 0.567. The van der Waals surface area contributed by atoms with Crippen LogP contribution >= 0.6 is 15.9 Å². The molecule has 1 heterocycles. The smallest absolute Gasteiger partial charge is 0.273 e. The molecule has 19 heavy (non-hydrogen) atoms. The first kappa shape index (κ1) is 12.8. The predicted octanol–water partition coefficient (Wildman–Crippen LogP) is 1.69. The van der Waals surface area contributed by atoms with Crippen molar-refractivity contribution >= 4 is 26.0 Å². The van der Waals surface area contributed by atoms with Crippen LogP contribution in [0.15, 0.2) is 33.9 Å². The van der Waals surface area contributed by atoms with Crippen molar-refractivity contribution in [1.29, 1.82) is 0 Å². The third-order valence-corrected chi connectivity index (χ3v) is 4.19. The molecule has 1 aromatic carbocycles. The SMILES string of the molecule is NS(=O)(=O)c1nnc(-c2cccc(Br)c2)n1C1CC1. The Labute approximate surface area is 118 Å². The van der Waals surface area contributed by atoms with Crippen LogP contribution in [0.1, 0.15) is 18.9 Å². The number of hydrogen-bond donors (Lipinski definition) is 1. The van der Waals surface area contributed by atoms with Crippen LogP contribution in [0.4, 0.5) is 0 Å². The average molecular weight is 343 g/mol. The van der Waals surface area contributed by atoms with E-state index in [2.05, 4.69) is 26.1 Å². The normalized spacial score (nSPS) is 15.7. The first-order valence-corrected chi connectivity index (χ1v) is 8.04. The lowest BCUT2D eigenvalue weighted by Crippen LogP contribution is -2.18. The highest BCUT2D eigenvalue weighted by atomic mass is 79.9. The first-order valence-electron chi connectivity index (χ1n) is 5.70. The minimum absolute atomic E-state index is 0.123. The molecular formula is C11H11BrN4O2S. The van der Waals surface area contributed by atoms with Gasteiger partial charge in [-0.1, -0.05) is 28.1 Å². The Morgan fingerprint density at radius 2 is 2.05 bits per heavy atom. The second kappa shape index (κ2) is 4.39. The fraction of sp³-hybridized carbons (Fsp3) is 0.273. The zero-order valence-corrected chi connectivity index (χ0v) is 12.2. The van der Waals surface area contributed by atoms with E-state index in [0.29, 0.717) is 5.82 Å². The van der Waals surface area contributed by atoms with Gasteiger partial charge in [0.05, 0.1) is 0 Å². The zero-order valence-electron chi connectivity index (χ0n) is 9.82. The van der Waals surface area contributed by atoms with Crippen LogP contribution in [0, 0.1) is 0 Å². The number of primary sulfonamides is 1. The Bertz CT molecular complexity index is 737. The van der Waals surface area contributed by atoms with Crippen LogP contribution in [0.2, 0.25) is 0 Å². The van der Waals surface area contributed by atoms with Crippen molar-refractivity contribution in [3.05, 3.63) is 28.7 Å². The highest BCUT2D eigenvalue weighted by molar-refractivity contribution is 9.10. The number of nitrogens with zero attached hydrogens (tertiary/aromatic N) is 3. The number of aromatic nitrogens is 3. The molecule has 0 amide bonds. The maximum absolute atomic E-state index is 11.5. The number of halogens is 1. The van der Waals surface area contributed by atoms with Gasteiger partial charge < -0.3 is 0 Å². The van der Waals surface area contributed by atoms with Crippen LogP contribution < -0.4 is 5.14 Å². The van der Waals surface area contributed by atoms with Gasteiger partial charge in [-0.15, -0.1) is 10.2 Å². The zero-order chi connectivity index (χ0) is 13.6. The van der Waals surface area contributed by atoms with Crippen LogP contribution in [0.3, 0.4) is 0 Å². The van der Waals surface area contributed by atoms with Crippen molar-refractivity contribution in [2.24, 2.45) is 5.14 Å². The molecule has 0 unspecified atom stereocenters. The first-order chi connectivity index (χ1) is 8.97. The topological polar surface area (TPSA) is 90.9 Å². The quantitative estimate of drug-likeness (QED) is 0.918. The van der Waals surface area contributed by atoms with Crippen molar-refractivity contribution < 1.29 is 8.42 Å². The molecule has 100 valence electrons. The van der Waals surface area contributed by atoms with Crippen LogP contribution in [-0.4, -0.2) is 23.2 Å². The molecule has 6 nitrogen and oxygen atoms in total. The standard InChI is InChI=1S/C11H11BrN4O2S/c12-8-3-1-2-7(6-8)10-14-15-11(19(13,17)18)16(10)9-4-5-9/h1-3,6,9H,4-5H2,(H2,13,17,18). The van der Waals surface area contributed by atoms with Gasteiger partial charge in [0, 0.05) is 16.1 Å². The molecule has 1 aromatic heterocycles. The monoisotopic (exact) mass is 342 g/mol. The largest absolute Gasteiger partial charge is 0.294 e. The van der Waals surface area contributed by atoms with Crippen LogP contribution in [0.25, 0.3) is 11.4 Å². The Morgan fingerprint density at radius 1 is 1.32 bits per heavy atom. The average Bonchev–Trinajstić information content (AvgIpc) is 3.06. The number of sulfonamides is 1. The van der Waals surface area contributed by atoms with E-state index >= 15 is 0 Å². The minimum Gasteiger partial charge on any atom is -0.294 e. The molecule has 0 bridgehead atoms. The molecule has 0 spiro atoms.